The summed E-state index contributed by atoms with van der Waals surface area (Å²) >= 11 is 8.75. The Kier molecular flexibility index (Phi) is 4.26. The van der Waals surface area contributed by atoms with Gasteiger partial charge in [0.2, 0.25) is 6.23 Å². The summed E-state index contributed by atoms with van der Waals surface area (Å²) in [6.45, 7) is 0. The van der Waals surface area contributed by atoms with E-state index in [1.165, 1.54) is 0 Å². The van der Waals surface area contributed by atoms with Gasteiger partial charge in [0.1, 0.15) is 11.5 Å². The van der Waals surface area contributed by atoms with Gasteiger partial charge < -0.3 is 9.84 Å². The lowest BCUT2D eigenvalue weighted by molar-refractivity contribution is -0.0204. The first-order chi connectivity index (χ1) is 13.1. The van der Waals surface area contributed by atoms with E-state index in [0.29, 0.717) is 5.56 Å². The summed E-state index contributed by atoms with van der Waals surface area (Å²) in [5.74, 6) is 1.02. The predicted molar refractivity (Wildman–Crippen MR) is 113 cm³/mol. The zero-order valence-corrected chi connectivity index (χ0v) is 18.0. The summed E-state index contributed by atoms with van der Waals surface area (Å²) in [5.41, 5.74) is 2.84. The van der Waals surface area contributed by atoms with Crippen molar-refractivity contribution < 1.29 is 9.84 Å². The third-order valence-electron chi connectivity index (χ3n) is 4.81. The molecule has 2 atom stereocenters. The van der Waals surface area contributed by atoms with Crippen LogP contribution < -0.4 is 4.74 Å². The van der Waals surface area contributed by atoms with Crippen LogP contribution in [0, 0.1) is 0 Å². The van der Waals surface area contributed by atoms with Gasteiger partial charge in [-0.15, -0.1) is 11.3 Å². The number of thiophene rings is 1. The van der Waals surface area contributed by atoms with Crippen LogP contribution in [0.15, 0.2) is 68.0 Å². The number of nitrogens with zero attached hydrogens (tertiary/aromatic N) is 2. The van der Waals surface area contributed by atoms with E-state index in [4.69, 9.17) is 9.84 Å². The van der Waals surface area contributed by atoms with Gasteiger partial charge in [-0.25, -0.2) is 5.01 Å². The summed E-state index contributed by atoms with van der Waals surface area (Å²) in [7, 11) is 0. The molecule has 0 spiro atoms. The quantitative estimate of drug-likeness (QED) is 0.449. The number of ether oxygens (including phenoxy) is 1. The second-order valence-electron chi connectivity index (χ2n) is 6.48. The molecule has 0 unspecified atom stereocenters. The topological polar surface area (TPSA) is 45.1 Å². The van der Waals surface area contributed by atoms with Crippen LogP contribution >= 0.6 is 43.2 Å². The first-order valence-electron chi connectivity index (χ1n) is 8.44. The van der Waals surface area contributed by atoms with Gasteiger partial charge in [-0.2, -0.15) is 5.10 Å². The van der Waals surface area contributed by atoms with E-state index in [1.54, 1.807) is 17.4 Å². The minimum atomic E-state index is -0.487. The highest BCUT2D eigenvalue weighted by Crippen LogP contribution is 2.49. The molecule has 0 saturated heterocycles. The van der Waals surface area contributed by atoms with Gasteiger partial charge in [-0.3, -0.25) is 0 Å². The fourth-order valence-electron chi connectivity index (χ4n) is 3.58. The number of hydrazone groups is 1. The van der Waals surface area contributed by atoms with Gasteiger partial charge in [0.25, 0.3) is 0 Å². The predicted octanol–water partition coefficient (Wildman–Crippen LogP) is 6.22. The standard InChI is InChI=1S/C20H14Br2N2O2S/c21-11-3-5-17(25)14(9-11)20-24-16(10-15(23-24)19-2-1-7-27-19)13-8-12(22)4-6-18(13)26-20/h1-9,16,20,25H,10H2/t16-,20-/m0/s1. The molecule has 0 bridgehead atoms. The van der Waals surface area contributed by atoms with Crippen molar-refractivity contribution in [3.8, 4) is 11.5 Å². The Balaban J connectivity index is 1.65. The van der Waals surface area contributed by atoms with E-state index in [9.17, 15) is 5.11 Å². The SMILES string of the molecule is Oc1ccc(Br)cc1[C@@H]1Oc2ccc(Br)cc2[C@@H]2CC(c3cccs3)=NN21. The van der Waals surface area contributed by atoms with Crippen LogP contribution in [-0.4, -0.2) is 15.8 Å². The molecule has 3 heterocycles. The highest BCUT2D eigenvalue weighted by Gasteiger charge is 2.42. The molecule has 4 nitrogen and oxygen atoms in total. The molecule has 2 aliphatic heterocycles. The molecule has 3 aromatic rings. The van der Waals surface area contributed by atoms with Crippen molar-refractivity contribution in [2.24, 2.45) is 5.10 Å². The molecule has 136 valence electrons. The van der Waals surface area contributed by atoms with E-state index < -0.39 is 6.23 Å². The molecule has 0 amide bonds. The zero-order valence-electron chi connectivity index (χ0n) is 14.0. The Labute approximate surface area is 177 Å². The zero-order chi connectivity index (χ0) is 18.5. The van der Waals surface area contributed by atoms with Crippen molar-refractivity contribution in [2.45, 2.75) is 18.7 Å². The highest BCUT2D eigenvalue weighted by molar-refractivity contribution is 9.10. The second-order valence-corrected chi connectivity index (χ2v) is 9.26. The van der Waals surface area contributed by atoms with Gasteiger partial charge in [0, 0.05) is 20.9 Å². The fourth-order valence-corrected chi connectivity index (χ4v) is 5.06. The molecule has 7 heteroatoms. The van der Waals surface area contributed by atoms with Gasteiger partial charge >= 0.3 is 0 Å². The summed E-state index contributed by atoms with van der Waals surface area (Å²) < 4.78 is 8.21. The maximum Gasteiger partial charge on any atom is 0.217 e. The molecule has 0 saturated carbocycles. The largest absolute Gasteiger partial charge is 0.507 e. The molecular formula is C20H14Br2N2O2S. The number of benzene rings is 2. The number of phenolic OH excluding ortho intramolecular Hbond substituents is 1. The molecule has 0 fully saturated rings. The normalized spacial score (nSPS) is 20.7. The lowest BCUT2D eigenvalue weighted by atomic mass is 9.97. The first-order valence-corrected chi connectivity index (χ1v) is 10.9. The van der Waals surface area contributed by atoms with E-state index in [1.807, 2.05) is 35.3 Å². The monoisotopic (exact) mass is 504 g/mol. The van der Waals surface area contributed by atoms with Gasteiger partial charge in [0.05, 0.1) is 22.2 Å². The highest BCUT2D eigenvalue weighted by atomic mass is 79.9. The van der Waals surface area contributed by atoms with Crippen LogP contribution in [0.2, 0.25) is 0 Å². The minimum absolute atomic E-state index is 0.0618. The molecule has 27 heavy (non-hydrogen) atoms. The van der Waals surface area contributed by atoms with Crippen LogP contribution in [0.5, 0.6) is 11.5 Å². The van der Waals surface area contributed by atoms with E-state index in [-0.39, 0.29) is 11.8 Å². The smallest absolute Gasteiger partial charge is 0.217 e. The van der Waals surface area contributed by atoms with Crippen molar-refractivity contribution in [3.63, 3.8) is 0 Å². The summed E-state index contributed by atoms with van der Waals surface area (Å²) in [4.78, 5) is 1.16. The van der Waals surface area contributed by atoms with E-state index in [0.717, 1.165) is 37.3 Å². The van der Waals surface area contributed by atoms with Gasteiger partial charge in [-0.1, -0.05) is 37.9 Å². The molecule has 1 aromatic heterocycles. The Morgan fingerprint density at radius 2 is 1.85 bits per heavy atom. The molecule has 0 aliphatic carbocycles. The number of halogens is 2. The third-order valence-corrected chi connectivity index (χ3v) is 6.72. The van der Waals surface area contributed by atoms with Crippen LogP contribution in [0.4, 0.5) is 0 Å². The van der Waals surface area contributed by atoms with Crippen LogP contribution in [0.1, 0.15) is 34.7 Å². The maximum atomic E-state index is 10.5. The van der Waals surface area contributed by atoms with Gasteiger partial charge in [-0.05, 0) is 47.8 Å². The van der Waals surface area contributed by atoms with Gasteiger partial charge in [0.15, 0.2) is 0 Å². The van der Waals surface area contributed by atoms with Crippen molar-refractivity contribution in [1.82, 2.24) is 5.01 Å². The first kappa shape index (κ1) is 17.3. The Hall–Kier alpha value is -1.83. The van der Waals surface area contributed by atoms with Crippen molar-refractivity contribution >= 4 is 48.9 Å². The number of hydrogen-bond acceptors (Lipinski definition) is 5. The average molecular weight is 506 g/mol. The molecule has 5 rings (SSSR count). The van der Waals surface area contributed by atoms with Crippen molar-refractivity contribution in [3.05, 3.63) is 78.9 Å². The molecular weight excluding hydrogens is 492 g/mol. The summed E-state index contributed by atoms with van der Waals surface area (Å²) in [6.07, 6.45) is 0.317. The fraction of sp³-hybridized carbons (Fsp3) is 0.150. The summed E-state index contributed by atoms with van der Waals surface area (Å²) in [5, 5.41) is 19.4. The minimum Gasteiger partial charge on any atom is -0.507 e. The molecule has 1 N–H and O–H groups in total. The average Bonchev–Trinajstić information content (AvgIpc) is 3.32. The number of hydrogen-bond donors (Lipinski definition) is 1. The Morgan fingerprint density at radius 1 is 1.07 bits per heavy atom. The van der Waals surface area contributed by atoms with E-state index in [2.05, 4.69) is 49.4 Å². The lowest BCUT2D eigenvalue weighted by Gasteiger charge is -2.38. The molecule has 0 radical (unpaired) electrons. The number of phenols is 1. The molecule has 2 aliphatic rings. The lowest BCUT2D eigenvalue weighted by Crippen LogP contribution is -2.33. The summed E-state index contributed by atoms with van der Waals surface area (Å²) in [6, 6.07) is 15.6. The van der Waals surface area contributed by atoms with Crippen LogP contribution in [-0.2, 0) is 0 Å². The number of aromatic hydroxyl groups is 1. The van der Waals surface area contributed by atoms with Crippen LogP contribution in [0.3, 0.4) is 0 Å². The second kappa shape index (κ2) is 6.65. The van der Waals surface area contributed by atoms with Crippen molar-refractivity contribution in [2.75, 3.05) is 0 Å². The number of fused-ring (bicyclic) bond motifs is 3. The molecule has 2 aromatic carbocycles. The third kappa shape index (κ3) is 2.98. The maximum absolute atomic E-state index is 10.5. The van der Waals surface area contributed by atoms with Crippen molar-refractivity contribution in [1.29, 1.82) is 0 Å². The number of rotatable bonds is 2. The Bertz CT molecular complexity index is 1050. The Morgan fingerprint density at radius 3 is 2.63 bits per heavy atom. The van der Waals surface area contributed by atoms with Crippen LogP contribution in [0.25, 0.3) is 0 Å². The van der Waals surface area contributed by atoms with E-state index >= 15 is 0 Å².